The zero-order valence-corrected chi connectivity index (χ0v) is 10.9. The highest BCUT2D eigenvalue weighted by molar-refractivity contribution is 5.88. The van der Waals surface area contributed by atoms with E-state index < -0.39 is 0 Å². The maximum Gasteiger partial charge on any atom is 0.320 e. The number of benzene rings is 1. The molecule has 3 aromatic rings. The fourth-order valence-corrected chi connectivity index (χ4v) is 1.88. The third-order valence-corrected chi connectivity index (χ3v) is 2.86. The quantitative estimate of drug-likeness (QED) is 0.747. The van der Waals surface area contributed by atoms with Gasteiger partial charge in [0.1, 0.15) is 0 Å². The number of carbonyl (C=O) groups is 1. The smallest absolute Gasteiger partial charge is 0.320 e. The maximum atomic E-state index is 11.3. The highest BCUT2D eigenvalue weighted by Gasteiger charge is 2.06. The Bertz CT molecular complexity index is 751. The van der Waals surface area contributed by atoms with Crippen LogP contribution >= 0.6 is 0 Å². The zero-order chi connectivity index (χ0) is 13.9. The number of nitrogens with zero attached hydrogens (tertiary/aromatic N) is 3. The molecule has 0 aliphatic rings. The van der Waals surface area contributed by atoms with Crippen LogP contribution in [-0.2, 0) is 0 Å². The molecule has 6 heteroatoms. The summed E-state index contributed by atoms with van der Waals surface area (Å²) in [6.45, 7) is 0. The van der Waals surface area contributed by atoms with Crippen LogP contribution in [0.3, 0.4) is 0 Å². The molecule has 2 N–H and O–H groups in total. The molecular formula is C14H13N5O. The Kier molecular flexibility index (Phi) is 3.04. The molecule has 0 fully saturated rings. The molecule has 0 saturated heterocycles. The van der Waals surface area contributed by atoms with Crippen molar-refractivity contribution in [1.29, 1.82) is 0 Å². The first-order valence-corrected chi connectivity index (χ1v) is 6.17. The van der Waals surface area contributed by atoms with Crippen LogP contribution in [0.4, 0.5) is 10.6 Å². The number of amides is 2. The number of fused-ring (bicyclic) bond motifs is 1. The van der Waals surface area contributed by atoms with Crippen LogP contribution in [0.25, 0.3) is 16.9 Å². The Hall–Kier alpha value is -2.89. The summed E-state index contributed by atoms with van der Waals surface area (Å²) >= 11 is 0. The van der Waals surface area contributed by atoms with E-state index in [-0.39, 0.29) is 6.03 Å². The summed E-state index contributed by atoms with van der Waals surface area (Å²) in [5.41, 5.74) is 2.56. The van der Waals surface area contributed by atoms with E-state index in [1.807, 2.05) is 42.5 Å². The van der Waals surface area contributed by atoms with Crippen molar-refractivity contribution in [1.82, 2.24) is 19.9 Å². The molecule has 6 nitrogen and oxygen atoms in total. The van der Waals surface area contributed by atoms with Gasteiger partial charge < -0.3 is 5.32 Å². The van der Waals surface area contributed by atoms with Crippen molar-refractivity contribution in [3.8, 4) is 11.3 Å². The SMILES string of the molecule is CNC(=O)Nc1cn2nc(-c3ccccc3)ccc2n1. The molecule has 0 bridgehead atoms. The molecule has 20 heavy (non-hydrogen) atoms. The van der Waals surface area contributed by atoms with Crippen LogP contribution in [-0.4, -0.2) is 27.7 Å². The lowest BCUT2D eigenvalue weighted by Crippen LogP contribution is -2.24. The van der Waals surface area contributed by atoms with Gasteiger partial charge in [-0.15, -0.1) is 0 Å². The molecule has 2 amide bonds. The van der Waals surface area contributed by atoms with E-state index in [2.05, 4.69) is 20.7 Å². The number of hydrogen-bond acceptors (Lipinski definition) is 3. The summed E-state index contributed by atoms with van der Waals surface area (Å²) in [5.74, 6) is 0.460. The summed E-state index contributed by atoms with van der Waals surface area (Å²) in [6.07, 6.45) is 1.68. The normalized spacial score (nSPS) is 10.4. The summed E-state index contributed by atoms with van der Waals surface area (Å²) in [7, 11) is 1.55. The minimum Gasteiger partial charge on any atom is -0.341 e. The highest BCUT2D eigenvalue weighted by Crippen LogP contribution is 2.17. The minimum absolute atomic E-state index is 0.309. The van der Waals surface area contributed by atoms with Crippen LogP contribution in [0.5, 0.6) is 0 Å². The molecular weight excluding hydrogens is 254 g/mol. The molecule has 0 spiro atoms. The van der Waals surface area contributed by atoms with Gasteiger partial charge >= 0.3 is 6.03 Å². The van der Waals surface area contributed by atoms with E-state index in [9.17, 15) is 4.79 Å². The number of imidazole rings is 1. The van der Waals surface area contributed by atoms with Gasteiger partial charge in [0.05, 0.1) is 11.9 Å². The van der Waals surface area contributed by atoms with Gasteiger partial charge in [0.2, 0.25) is 0 Å². The number of carbonyl (C=O) groups excluding carboxylic acids is 1. The van der Waals surface area contributed by atoms with E-state index in [4.69, 9.17) is 0 Å². The molecule has 100 valence electrons. The largest absolute Gasteiger partial charge is 0.341 e. The van der Waals surface area contributed by atoms with Crippen LogP contribution in [0, 0.1) is 0 Å². The second-order valence-corrected chi connectivity index (χ2v) is 4.22. The van der Waals surface area contributed by atoms with Gasteiger partial charge in [0.15, 0.2) is 11.5 Å². The fraction of sp³-hybridized carbons (Fsp3) is 0.0714. The van der Waals surface area contributed by atoms with Crippen molar-refractivity contribution < 1.29 is 4.79 Å². The van der Waals surface area contributed by atoms with Crippen LogP contribution < -0.4 is 10.6 Å². The molecule has 0 aliphatic heterocycles. The molecule has 0 aliphatic carbocycles. The van der Waals surface area contributed by atoms with E-state index in [0.717, 1.165) is 11.3 Å². The van der Waals surface area contributed by atoms with Crippen LogP contribution in [0.15, 0.2) is 48.7 Å². The van der Waals surface area contributed by atoms with Gasteiger partial charge in [-0.3, -0.25) is 5.32 Å². The van der Waals surface area contributed by atoms with Gasteiger partial charge in [-0.25, -0.2) is 14.3 Å². The predicted molar refractivity (Wildman–Crippen MR) is 76.5 cm³/mol. The molecule has 1 aromatic carbocycles. The topological polar surface area (TPSA) is 71.3 Å². The fourth-order valence-electron chi connectivity index (χ4n) is 1.88. The van der Waals surface area contributed by atoms with Gasteiger partial charge in [0.25, 0.3) is 0 Å². The van der Waals surface area contributed by atoms with Crippen molar-refractivity contribution in [3.63, 3.8) is 0 Å². The van der Waals surface area contributed by atoms with Gasteiger partial charge in [-0.05, 0) is 12.1 Å². The monoisotopic (exact) mass is 267 g/mol. The average Bonchev–Trinajstić information content (AvgIpc) is 2.89. The summed E-state index contributed by atoms with van der Waals surface area (Å²) < 4.78 is 1.65. The van der Waals surface area contributed by atoms with E-state index in [0.29, 0.717) is 11.5 Å². The Morgan fingerprint density at radius 1 is 1.15 bits per heavy atom. The number of rotatable bonds is 2. The molecule has 0 atom stereocenters. The third-order valence-electron chi connectivity index (χ3n) is 2.86. The molecule has 0 unspecified atom stereocenters. The molecule has 3 rings (SSSR count). The Morgan fingerprint density at radius 3 is 2.70 bits per heavy atom. The van der Waals surface area contributed by atoms with E-state index >= 15 is 0 Å². The molecule has 2 heterocycles. The minimum atomic E-state index is -0.309. The number of anilines is 1. The van der Waals surface area contributed by atoms with Crippen LogP contribution in [0.2, 0.25) is 0 Å². The van der Waals surface area contributed by atoms with Gasteiger partial charge in [-0.2, -0.15) is 5.10 Å². The van der Waals surface area contributed by atoms with Crippen molar-refractivity contribution in [2.24, 2.45) is 0 Å². The first kappa shape index (κ1) is 12.2. The zero-order valence-electron chi connectivity index (χ0n) is 10.9. The lowest BCUT2D eigenvalue weighted by atomic mass is 10.1. The molecule has 2 aromatic heterocycles. The number of aromatic nitrogens is 3. The second-order valence-electron chi connectivity index (χ2n) is 4.22. The van der Waals surface area contributed by atoms with Crippen molar-refractivity contribution in [2.45, 2.75) is 0 Å². The van der Waals surface area contributed by atoms with Gasteiger partial charge in [0, 0.05) is 12.6 Å². The lowest BCUT2D eigenvalue weighted by Gasteiger charge is -2.00. The van der Waals surface area contributed by atoms with E-state index in [1.54, 1.807) is 17.8 Å². The standard InChI is InChI=1S/C14H13N5O/c1-15-14(20)17-12-9-19-13(16-12)8-7-11(18-19)10-5-3-2-4-6-10/h2-9H,1H3,(H2,15,17,20). The number of hydrogen-bond donors (Lipinski definition) is 2. The maximum absolute atomic E-state index is 11.3. The Labute approximate surface area is 115 Å². The summed E-state index contributed by atoms with van der Waals surface area (Å²) in [6, 6.07) is 13.3. The second kappa shape index (κ2) is 5.00. The number of nitrogens with one attached hydrogen (secondary N) is 2. The number of urea groups is 1. The van der Waals surface area contributed by atoms with Gasteiger partial charge in [-0.1, -0.05) is 30.3 Å². The summed E-state index contributed by atoms with van der Waals surface area (Å²) in [5, 5.41) is 9.58. The van der Waals surface area contributed by atoms with Crippen molar-refractivity contribution in [2.75, 3.05) is 12.4 Å². The first-order valence-electron chi connectivity index (χ1n) is 6.17. The first-order chi connectivity index (χ1) is 9.76. The third kappa shape index (κ3) is 2.31. The van der Waals surface area contributed by atoms with Crippen LogP contribution in [0.1, 0.15) is 0 Å². The van der Waals surface area contributed by atoms with Crippen molar-refractivity contribution >= 4 is 17.5 Å². The molecule has 0 radical (unpaired) electrons. The summed E-state index contributed by atoms with van der Waals surface area (Å²) in [4.78, 5) is 15.5. The Morgan fingerprint density at radius 2 is 1.95 bits per heavy atom. The predicted octanol–water partition coefficient (Wildman–Crippen LogP) is 2.15. The molecule has 0 saturated carbocycles. The van der Waals surface area contributed by atoms with Crippen molar-refractivity contribution in [3.05, 3.63) is 48.7 Å². The average molecular weight is 267 g/mol. The Balaban J connectivity index is 1.97. The highest BCUT2D eigenvalue weighted by atomic mass is 16.2. The lowest BCUT2D eigenvalue weighted by molar-refractivity contribution is 0.254. The van der Waals surface area contributed by atoms with E-state index in [1.165, 1.54) is 0 Å².